The maximum atomic E-state index is 13.0. The zero-order chi connectivity index (χ0) is 19.0. The van der Waals surface area contributed by atoms with Crippen LogP contribution in [0, 0.1) is 5.82 Å². The molecule has 2 aromatic carbocycles. The van der Waals surface area contributed by atoms with Crippen LogP contribution in [-0.2, 0) is 4.79 Å². The molecule has 3 aromatic rings. The molecule has 2 N–H and O–H groups in total. The van der Waals surface area contributed by atoms with Crippen LogP contribution in [0.5, 0.6) is 5.75 Å². The van der Waals surface area contributed by atoms with E-state index in [1.807, 2.05) is 0 Å². The number of halogens is 1. The fourth-order valence-electron chi connectivity index (χ4n) is 2.71. The molecule has 0 spiro atoms. The third kappa shape index (κ3) is 3.39. The predicted octanol–water partition coefficient (Wildman–Crippen LogP) is 4.06. The van der Waals surface area contributed by atoms with E-state index in [0.29, 0.717) is 28.4 Å². The maximum absolute atomic E-state index is 13.0. The summed E-state index contributed by atoms with van der Waals surface area (Å²) in [4.78, 5) is 24.1. The van der Waals surface area contributed by atoms with E-state index in [1.54, 1.807) is 49.4 Å². The second-order valence-corrected chi connectivity index (χ2v) is 6.09. The first-order valence-electron chi connectivity index (χ1n) is 8.28. The summed E-state index contributed by atoms with van der Waals surface area (Å²) < 4.78 is 24.1. The van der Waals surface area contributed by atoms with Crippen molar-refractivity contribution in [2.45, 2.75) is 13.0 Å². The minimum Gasteiger partial charge on any atom is -0.479 e. The lowest BCUT2D eigenvalue weighted by Crippen LogP contribution is -2.34. The monoisotopic (exact) mass is 366 g/mol. The molecule has 2 heterocycles. The molecule has 1 aliphatic heterocycles. The number of fused-ring (bicyclic) bond motifs is 1. The number of carbonyl (C=O) groups is 2. The quantitative estimate of drug-likeness (QED) is 0.733. The summed E-state index contributed by atoms with van der Waals surface area (Å²) in [5.41, 5.74) is 1.64. The Hall–Kier alpha value is -3.61. The summed E-state index contributed by atoms with van der Waals surface area (Å²) in [7, 11) is 0. The van der Waals surface area contributed by atoms with E-state index in [0.717, 1.165) is 0 Å². The van der Waals surface area contributed by atoms with Crippen LogP contribution in [0.15, 0.2) is 59.0 Å². The molecule has 0 saturated heterocycles. The average molecular weight is 366 g/mol. The SMILES string of the molecule is C[C@@H]1Oc2ccc(NC(=O)c3ccc(-c4ccc(F)cc4)o3)cc2NC1=O. The minimum absolute atomic E-state index is 0.112. The molecular weight excluding hydrogens is 351 g/mol. The Labute approximate surface area is 153 Å². The van der Waals surface area contributed by atoms with Gasteiger partial charge in [-0.1, -0.05) is 0 Å². The molecule has 136 valence electrons. The zero-order valence-electron chi connectivity index (χ0n) is 14.3. The molecule has 0 aliphatic carbocycles. The molecule has 0 saturated carbocycles. The van der Waals surface area contributed by atoms with Gasteiger partial charge in [0.1, 0.15) is 17.3 Å². The zero-order valence-corrected chi connectivity index (χ0v) is 14.3. The lowest BCUT2D eigenvalue weighted by molar-refractivity contribution is -0.122. The smallest absolute Gasteiger partial charge is 0.291 e. The number of nitrogens with one attached hydrogen (secondary N) is 2. The van der Waals surface area contributed by atoms with Crippen molar-refractivity contribution >= 4 is 23.2 Å². The van der Waals surface area contributed by atoms with Crippen molar-refractivity contribution in [3.8, 4) is 17.1 Å². The number of anilines is 2. The Kier molecular flexibility index (Phi) is 4.12. The van der Waals surface area contributed by atoms with E-state index in [4.69, 9.17) is 9.15 Å². The first-order chi connectivity index (χ1) is 13.0. The van der Waals surface area contributed by atoms with Gasteiger partial charge < -0.3 is 19.8 Å². The summed E-state index contributed by atoms with van der Waals surface area (Å²) in [5, 5.41) is 5.43. The van der Waals surface area contributed by atoms with Crippen LogP contribution >= 0.6 is 0 Å². The largest absolute Gasteiger partial charge is 0.479 e. The van der Waals surface area contributed by atoms with Crippen LogP contribution in [-0.4, -0.2) is 17.9 Å². The van der Waals surface area contributed by atoms with Gasteiger partial charge >= 0.3 is 0 Å². The van der Waals surface area contributed by atoms with Gasteiger partial charge in [-0.05, 0) is 61.5 Å². The number of hydrogen-bond acceptors (Lipinski definition) is 4. The van der Waals surface area contributed by atoms with E-state index in [1.165, 1.54) is 12.1 Å². The number of rotatable bonds is 3. The van der Waals surface area contributed by atoms with E-state index >= 15 is 0 Å². The van der Waals surface area contributed by atoms with Gasteiger partial charge in [0.25, 0.3) is 11.8 Å². The Balaban J connectivity index is 1.51. The number of amides is 2. The Bertz CT molecular complexity index is 1030. The normalized spacial score (nSPS) is 15.5. The van der Waals surface area contributed by atoms with Crippen molar-refractivity contribution < 1.29 is 23.1 Å². The molecule has 0 bridgehead atoms. The molecule has 0 unspecified atom stereocenters. The Morgan fingerprint density at radius 2 is 1.89 bits per heavy atom. The van der Waals surface area contributed by atoms with Gasteiger partial charge in [-0.2, -0.15) is 0 Å². The molecule has 0 radical (unpaired) electrons. The van der Waals surface area contributed by atoms with Crippen LogP contribution in [0.25, 0.3) is 11.3 Å². The lowest BCUT2D eigenvalue weighted by Gasteiger charge is -2.23. The molecule has 27 heavy (non-hydrogen) atoms. The van der Waals surface area contributed by atoms with Gasteiger partial charge in [-0.25, -0.2) is 4.39 Å². The van der Waals surface area contributed by atoms with E-state index in [9.17, 15) is 14.0 Å². The van der Waals surface area contributed by atoms with Gasteiger partial charge in [-0.3, -0.25) is 9.59 Å². The number of carbonyl (C=O) groups excluding carboxylic acids is 2. The molecule has 1 atom stereocenters. The number of furan rings is 1. The maximum Gasteiger partial charge on any atom is 0.291 e. The highest BCUT2D eigenvalue weighted by molar-refractivity contribution is 6.04. The predicted molar refractivity (Wildman–Crippen MR) is 97.2 cm³/mol. The van der Waals surface area contributed by atoms with E-state index < -0.39 is 12.0 Å². The fourth-order valence-corrected chi connectivity index (χ4v) is 2.71. The van der Waals surface area contributed by atoms with E-state index in [2.05, 4.69) is 10.6 Å². The molecule has 4 rings (SSSR count). The third-order valence-corrected chi connectivity index (χ3v) is 4.13. The lowest BCUT2D eigenvalue weighted by atomic mass is 10.2. The molecule has 7 heteroatoms. The van der Waals surface area contributed by atoms with Crippen molar-refractivity contribution in [2.75, 3.05) is 10.6 Å². The van der Waals surface area contributed by atoms with Gasteiger partial charge in [-0.15, -0.1) is 0 Å². The molecular formula is C20H15FN2O4. The molecule has 0 fully saturated rings. The van der Waals surface area contributed by atoms with Crippen LogP contribution in [0.4, 0.5) is 15.8 Å². The van der Waals surface area contributed by atoms with Crippen molar-refractivity contribution in [1.29, 1.82) is 0 Å². The van der Waals surface area contributed by atoms with Gasteiger partial charge in [0.15, 0.2) is 11.9 Å². The fraction of sp³-hybridized carbons (Fsp3) is 0.100. The summed E-state index contributed by atoms with van der Waals surface area (Å²) in [6.07, 6.45) is -0.564. The third-order valence-electron chi connectivity index (χ3n) is 4.13. The Morgan fingerprint density at radius 3 is 2.67 bits per heavy atom. The van der Waals surface area contributed by atoms with Gasteiger partial charge in [0, 0.05) is 11.3 Å². The summed E-state index contributed by atoms with van der Waals surface area (Å²) >= 11 is 0. The van der Waals surface area contributed by atoms with Crippen LogP contribution in [0.3, 0.4) is 0 Å². The standard InChI is InChI=1S/C20H15FN2O4/c1-11-19(24)23-15-10-14(6-7-17(15)26-11)22-20(25)18-9-8-16(27-18)12-2-4-13(21)5-3-12/h2-11H,1H3,(H,22,25)(H,23,24)/t11-/m0/s1. The first kappa shape index (κ1) is 16.8. The second-order valence-electron chi connectivity index (χ2n) is 6.09. The summed E-state index contributed by atoms with van der Waals surface area (Å²) in [6.45, 7) is 1.66. The van der Waals surface area contributed by atoms with Crippen molar-refractivity contribution in [3.63, 3.8) is 0 Å². The number of ether oxygens (including phenoxy) is 1. The van der Waals surface area contributed by atoms with Crippen LogP contribution in [0.2, 0.25) is 0 Å². The average Bonchev–Trinajstić information content (AvgIpc) is 3.14. The molecule has 1 aromatic heterocycles. The molecule has 1 aliphatic rings. The number of hydrogen-bond donors (Lipinski definition) is 2. The van der Waals surface area contributed by atoms with E-state index in [-0.39, 0.29) is 17.5 Å². The second kappa shape index (κ2) is 6.60. The van der Waals surface area contributed by atoms with Crippen molar-refractivity contribution in [1.82, 2.24) is 0 Å². The number of benzene rings is 2. The molecule has 2 amide bonds. The van der Waals surface area contributed by atoms with Crippen molar-refractivity contribution in [2.24, 2.45) is 0 Å². The van der Waals surface area contributed by atoms with Crippen LogP contribution in [0.1, 0.15) is 17.5 Å². The van der Waals surface area contributed by atoms with Crippen molar-refractivity contribution in [3.05, 3.63) is 66.2 Å². The highest BCUT2D eigenvalue weighted by Crippen LogP contribution is 2.32. The van der Waals surface area contributed by atoms with Crippen LogP contribution < -0.4 is 15.4 Å². The first-order valence-corrected chi connectivity index (χ1v) is 8.28. The topological polar surface area (TPSA) is 80.6 Å². The highest BCUT2D eigenvalue weighted by Gasteiger charge is 2.24. The summed E-state index contributed by atoms with van der Waals surface area (Å²) in [6, 6.07) is 13.9. The summed E-state index contributed by atoms with van der Waals surface area (Å²) in [5.74, 6) is 0.0692. The van der Waals surface area contributed by atoms with Gasteiger partial charge in [0.2, 0.25) is 0 Å². The minimum atomic E-state index is -0.564. The highest BCUT2D eigenvalue weighted by atomic mass is 19.1. The Morgan fingerprint density at radius 1 is 1.11 bits per heavy atom. The van der Waals surface area contributed by atoms with Gasteiger partial charge in [0.05, 0.1) is 5.69 Å². The molecule has 6 nitrogen and oxygen atoms in total.